The van der Waals surface area contributed by atoms with Crippen molar-refractivity contribution in [1.82, 2.24) is 20.0 Å². The predicted octanol–water partition coefficient (Wildman–Crippen LogP) is 3.00. The molecule has 0 atom stereocenters. The van der Waals surface area contributed by atoms with Gasteiger partial charge < -0.3 is 10.2 Å². The average Bonchev–Trinajstić information content (AvgIpc) is 2.94. The summed E-state index contributed by atoms with van der Waals surface area (Å²) in [5.41, 5.74) is 5.94. The van der Waals surface area contributed by atoms with Crippen LogP contribution in [-0.2, 0) is 17.8 Å². The summed E-state index contributed by atoms with van der Waals surface area (Å²) in [7, 11) is 1.96. The normalized spacial score (nSPS) is 15.1. The summed E-state index contributed by atoms with van der Waals surface area (Å²) < 4.78 is 2.07. The molecule has 0 unspecified atom stereocenters. The van der Waals surface area contributed by atoms with E-state index >= 15 is 0 Å². The molecule has 1 amide bonds. The van der Waals surface area contributed by atoms with Gasteiger partial charge in [-0.2, -0.15) is 5.10 Å². The van der Waals surface area contributed by atoms with Crippen LogP contribution in [0, 0.1) is 20.8 Å². The fourth-order valence-electron chi connectivity index (χ4n) is 3.92. The van der Waals surface area contributed by atoms with Crippen LogP contribution in [-0.4, -0.2) is 46.8 Å². The summed E-state index contributed by atoms with van der Waals surface area (Å²) >= 11 is 0. The topological polar surface area (TPSA) is 50.2 Å². The Kier molecular flexibility index (Phi) is 6.32. The average molecular weight is 369 g/mol. The van der Waals surface area contributed by atoms with Crippen molar-refractivity contribution in [3.63, 3.8) is 0 Å². The third kappa shape index (κ3) is 4.78. The molecule has 0 saturated carbocycles. The molecule has 2 aromatic rings. The number of benzene rings is 1. The first-order valence-electron chi connectivity index (χ1n) is 10.0. The van der Waals surface area contributed by atoms with Crippen LogP contribution < -0.4 is 5.32 Å². The zero-order valence-electron chi connectivity index (χ0n) is 17.1. The lowest BCUT2D eigenvalue weighted by atomic mass is 10.0. The monoisotopic (exact) mass is 368 g/mol. The number of aryl methyl sites for hydroxylation is 2. The Hall–Kier alpha value is -2.14. The molecule has 0 spiro atoms. The standard InChI is InChI=1S/C22H32N4O/c1-16-5-7-19(8-6-16)15-26-18(3)21(17(2)24-26)9-10-22(27)25(4)20-11-13-23-14-12-20/h5-8,20,23H,9-15H2,1-4H3. The van der Waals surface area contributed by atoms with Gasteiger partial charge in [-0.25, -0.2) is 0 Å². The first-order valence-corrected chi connectivity index (χ1v) is 10.0. The summed E-state index contributed by atoms with van der Waals surface area (Å²) in [5.74, 6) is 0.243. The van der Waals surface area contributed by atoms with E-state index in [2.05, 4.69) is 55.0 Å². The SMILES string of the molecule is Cc1ccc(Cn2nc(C)c(CCC(=O)N(C)C3CCNCC3)c2C)cc1. The maximum Gasteiger partial charge on any atom is 0.222 e. The van der Waals surface area contributed by atoms with Gasteiger partial charge in [0.2, 0.25) is 5.91 Å². The number of aromatic nitrogens is 2. The smallest absolute Gasteiger partial charge is 0.222 e. The Labute approximate surface area is 162 Å². The molecule has 2 heterocycles. The van der Waals surface area contributed by atoms with Gasteiger partial charge in [-0.05, 0) is 64.3 Å². The minimum Gasteiger partial charge on any atom is -0.343 e. The van der Waals surface area contributed by atoms with Gasteiger partial charge in [0.15, 0.2) is 0 Å². The minimum atomic E-state index is 0.243. The molecule has 27 heavy (non-hydrogen) atoms. The number of piperidine rings is 1. The zero-order valence-corrected chi connectivity index (χ0v) is 17.1. The molecular weight excluding hydrogens is 336 g/mol. The van der Waals surface area contributed by atoms with Gasteiger partial charge >= 0.3 is 0 Å². The Morgan fingerprint density at radius 1 is 1.19 bits per heavy atom. The van der Waals surface area contributed by atoms with E-state index in [1.165, 1.54) is 22.4 Å². The van der Waals surface area contributed by atoms with E-state index in [0.717, 1.165) is 44.6 Å². The third-order valence-electron chi connectivity index (χ3n) is 5.82. The molecule has 1 aliphatic rings. The van der Waals surface area contributed by atoms with Crippen LogP contribution in [0.1, 0.15) is 47.3 Å². The number of hydrogen-bond donors (Lipinski definition) is 1. The summed E-state index contributed by atoms with van der Waals surface area (Å²) in [6.45, 7) is 9.05. The highest BCUT2D eigenvalue weighted by Gasteiger charge is 2.22. The second kappa shape index (κ2) is 8.70. The van der Waals surface area contributed by atoms with Crippen molar-refractivity contribution < 1.29 is 4.79 Å². The van der Waals surface area contributed by atoms with E-state index in [1.807, 2.05) is 11.9 Å². The Morgan fingerprint density at radius 3 is 2.52 bits per heavy atom. The van der Waals surface area contributed by atoms with Crippen LogP contribution in [0.15, 0.2) is 24.3 Å². The molecule has 5 heteroatoms. The second-order valence-corrected chi connectivity index (χ2v) is 7.78. The van der Waals surface area contributed by atoms with Crippen molar-refractivity contribution in [2.75, 3.05) is 20.1 Å². The number of amides is 1. The van der Waals surface area contributed by atoms with Crippen molar-refractivity contribution in [1.29, 1.82) is 0 Å². The molecule has 1 aliphatic heterocycles. The van der Waals surface area contributed by atoms with Gasteiger partial charge in [0, 0.05) is 25.2 Å². The largest absolute Gasteiger partial charge is 0.343 e. The van der Waals surface area contributed by atoms with Gasteiger partial charge in [-0.3, -0.25) is 9.48 Å². The highest BCUT2D eigenvalue weighted by Crippen LogP contribution is 2.18. The molecular formula is C22H32N4O. The first kappa shape index (κ1) is 19.6. The van der Waals surface area contributed by atoms with Crippen molar-refractivity contribution in [2.45, 2.75) is 59.0 Å². The third-order valence-corrected chi connectivity index (χ3v) is 5.82. The van der Waals surface area contributed by atoms with Crippen molar-refractivity contribution in [2.24, 2.45) is 0 Å². The van der Waals surface area contributed by atoms with Crippen LogP contribution in [0.5, 0.6) is 0 Å². The van der Waals surface area contributed by atoms with Gasteiger partial charge in [0.1, 0.15) is 0 Å². The number of rotatable bonds is 6. The van der Waals surface area contributed by atoms with Crippen molar-refractivity contribution in [3.8, 4) is 0 Å². The van der Waals surface area contributed by atoms with Crippen LogP contribution in [0.25, 0.3) is 0 Å². The number of hydrogen-bond acceptors (Lipinski definition) is 3. The summed E-state index contributed by atoms with van der Waals surface area (Å²) in [6, 6.07) is 8.96. The van der Waals surface area contributed by atoms with Gasteiger partial charge in [0.05, 0.1) is 12.2 Å². The van der Waals surface area contributed by atoms with E-state index in [9.17, 15) is 4.79 Å². The molecule has 1 fully saturated rings. The van der Waals surface area contributed by atoms with E-state index in [1.54, 1.807) is 0 Å². The molecule has 1 N–H and O–H groups in total. The molecule has 0 bridgehead atoms. The van der Waals surface area contributed by atoms with Crippen molar-refractivity contribution >= 4 is 5.91 Å². The highest BCUT2D eigenvalue weighted by atomic mass is 16.2. The number of carbonyl (C=O) groups excluding carboxylic acids is 1. The summed E-state index contributed by atoms with van der Waals surface area (Å²) in [4.78, 5) is 14.6. The molecule has 5 nitrogen and oxygen atoms in total. The molecule has 3 rings (SSSR count). The first-order chi connectivity index (χ1) is 13.0. The Balaban J connectivity index is 1.62. The van der Waals surface area contributed by atoms with E-state index in [4.69, 9.17) is 5.10 Å². The fraction of sp³-hybridized carbons (Fsp3) is 0.545. The zero-order chi connectivity index (χ0) is 19.4. The molecule has 0 radical (unpaired) electrons. The van der Waals surface area contributed by atoms with Gasteiger partial charge in [0.25, 0.3) is 0 Å². The highest BCUT2D eigenvalue weighted by molar-refractivity contribution is 5.76. The van der Waals surface area contributed by atoms with Crippen LogP contribution in [0.3, 0.4) is 0 Å². The predicted molar refractivity (Wildman–Crippen MR) is 109 cm³/mol. The molecule has 0 aliphatic carbocycles. The molecule has 1 aromatic heterocycles. The van der Waals surface area contributed by atoms with Gasteiger partial charge in [-0.1, -0.05) is 29.8 Å². The minimum absolute atomic E-state index is 0.243. The maximum atomic E-state index is 12.6. The summed E-state index contributed by atoms with van der Waals surface area (Å²) in [6.07, 6.45) is 3.42. The Bertz CT molecular complexity index is 772. The molecule has 1 aromatic carbocycles. The quantitative estimate of drug-likeness (QED) is 0.853. The van der Waals surface area contributed by atoms with Crippen LogP contribution in [0.2, 0.25) is 0 Å². The number of nitrogens with zero attached hydrogens (tertiary/aromatic N) is 3. The summed E-state index contributed by atoms with van der Waals surface area (Å²) in [5, 5.41) is 8.08. The van der Waals surface area contributed by atoms with E-state index in [0.29, 0.717) is 12.5 Å². The van der Waals surface area contributed by atoms with E-state index in [-0.39, 0.29) is 5.91 Å². The van der Waals surface area contributed by atoms with E-state index < -0.39 is 0 Å². The van der Waals surface area contributed by atoms with Crippen LogP contribution >= 0.6 is 0 Å². The lowest BCUT2D eigenvalue weighted by Gasteiger charge is -2.31. The fourth-order valence-corrected chi connectivity index (χ4v) is 3.92. The number of carbonyl (C=O) groups is 1. The van der Waals surface area contributed by atoms with Crippen LogP contribution in [0.4, 0.5) is 0 Å². The molecule has 146 valence electrons. The van der Waals surface area contributed by atoms with Gasteiger partial charge in [-0.15, -0.1) is 0 Å². The lowest BCUT2D eigenvalue weighted by Crippen LogP contribution is -2.44. The number of nitrogens with one attached hydrogen (secondary N) is 1. The Morgan fingerprint density at radius 2 is 1.85 bits per heavy atom. The lowest BCUT2D eigenvalue weighted by molar-refractivity contribution is -0.132. The second-order valence-electron chi connectivity index (χ2n) is 7.78. The molecule has 1 saturated heterocycles. The van der Waals surface area contributed by atoms with Crippen molar-refractivity contribution in [3.05, 3.63) is 52.3 Å². The maximum absolute atomic E-state index is 12.6.